The number of carbonyl (C=O) groups is 1. The molecule has 0 unspecified atom stereocenters. The van der Waals surface area contributed by atoms with E-state index in [1.165, 1.54) is 0 Å². The maximum absolute atomic E-state index is 12.0. The predicted molar refractivity (Wildman–Crippen MR) is 87.6 cm³/mol. The van der Waals surface area contributed by atoms with Crippen LogP contribution in [-0.2, 0) is 11.3 Å². The van der Waals surface area contributed by atoms with E-state index in [1.54, 1.807) is 4.68 Å². The van der Waals surface area contributed by atoms with Crippen molar-refractivity contribution in [3.63, 3.8) is 0 Å². The minimum Gasteiger partial charge on any atom is -0.494 e. The second-order valence-corrected chi connectivity index (χ2v) is 5.34. The van der Waals surface area contributed by atoms with Crippen molar-refractivity contribution in [2.75, 3.05) is 11.9 Å². The molecule has 0 spiro atoms. The molecule has 1 aromatic carbocycles. The molecule has 0 saturated heterocycles. The Hall–Kier alpha value is -2.01. The van der Waals surface area contributed by atoms with Crippen molar-refractivity contribution in [3.8, 4) is 5.75 Å². The van der Waals surface area contributed by atoms with Crippen molar-refractivity contribution in [1.82, 2.24) is 9.78 Å². The molecule has 0 fully saturated rings. The van der Waals surface area contributed by atoms with Crippen molar-refractivity contribution in [2.45, 2.75) is 33.7 Å². The quantitative estimate of drug-likeness (QED) is 0.884. The minimum atomic E-state index is -0.0622. The zero-order chi connectivity index (χ0) is 16.1. The van der Waals surface area contributed by atoms with E-state index in [4.69, 9.17) is 16.3 Å². The van der Waals surface area contributed by atoms with Crippen LogP contribution >= 0.6 is 11.6 Å². The number of halogens is 1. The normalized spacial score (nSPS) is 10.5. The number of hydrogen-bond donors (Lipinski definition) is 1. The maximum Gasteiger partial charge on any atom is 0.226 e. The fourth-order valence-corrected chi connectivity index (χ4v) is 2.26. The van der Waals surface area contributed by atoms with E-state index in [0.717, 1.165) is 22.8 Å². The number of amides is 1. The second kappa shape index (κ2) is 7.31. The summed E-state index contributed by atoms with van der Waals surface area (Å²) in [4.78, 5) is 12.0. The van der Waals surface area contributed by atoms with Crippen molar-refractivity contribution < 1.29 is 9.53 Å². The molecule has 1 aromatic heterocycles. The fraction of sp³-hybridized carbons (Fsp3) is 0.375. The summed E-state index contributed by atoms with van der Waals surface area (Å²) in [6.07, 6.45) is 0.339. The summed E-state index contributed by atoms with van der Waals surface area (Å²) in [5, 5.41) is 7.82. The summed E-state index contributed by atoms with van der Waals surface area (Å²) >= 11 is 6.09. The Balaban J connectivity index is 1.88. The van der Waals surface area contributed by atoms with Crippen molar-refractivity contribution in [2.24, 2.45) is 0 Å². The van der Waals surface area contributed by atoms with Gasteiger partial charge in [-0.2, -0.15) is 5.10 Å². The third-order valence-electron chi connectivity index (χ3n) is 3.29. The van der Waals surface area contributed by atoms with Gasteiger partial charge in [-0.05, 0) is 45.0 Å². The molecular weight excluding hydrogens is 302 g/mol. The van der Waals surface area contributed by atoms with Crippen LogP contribution in [0.25, 0.3) is 0 Å². The third kappa shape index (κ3) is 4.01. The molecule has 1 amide bonds. The number of carbonyl (C=O) groups excluding carboxylic acids is 1. The molecule has 0 aliphatic heterocycles. The highest BCUT2D eigenvalue weighted by Crippen LogP contribution is 2.19. The zero-order valence-electron chi connectivity index (χ0n) is 13.0. The van der Waals surface area contributed by atoms with E-state index in [0.29, 0.717) is 24.6 Å². The Labute approximate surface area is 135 Å². The summed E-state index contributed by atoms with van der Waals surface area (Å²) in [7, 11) is 0. The van der Waals surface area contributed by atoms with E-state index in [-0.39, 0.29) is 5.91 Å². The SMILES string of the molecule is CCOc1ccc(NC(=O)CCn2nc(C)c(Cl)c2C)cc1. The molecule has 2 aromatic rings. The van der Waals surface area contributed by atoms with Crippen LogP contribution in [0, 0.1) is 13.8 Å². The van der Waals surface area contributed by atoms with Gasteiger partial charge in [-0.15, -0.1) is 0 Å². The Morgan fingerprint density at radius 1 is 1.32 bits per heavy atom. The van der Waals surface area contributed by atoms with E-state index in [9.17, 15) is 4.79 Å². The second-order valence-electron chi connectivity index (χ2n) is 4.96. The van der Waals surface area contributed by atoms with Crippen LogP contribution in [0.3, 0.4) is 0 Å². The number of nitrogens with one attached hydrogen (secondary N) is 1. The standard InChI is InChI=1S/C16H20ClN3O2/c1-4-22-14-7-5-13(6-8-14)18-15(21)9-10-20-12(3)16(17)11(2)19-20/h5-8H,4,9-10H2,1-3H3,(H,18,21). The molecule has 1 N–H and O–H groups in total. The third-order valence-corrected chi connectivity index (χ3v) is 3.84. The van der Waals surface area contributed by atoms with Crippen LogP contribution in [0.1, 0.15) is 24.7 Å². The van der Waals surface area contributed by atoms with Crippen LogP contribution < -0.4 is 10.1 Å². The fourth-order valence-electron chi connectivity index (χ4n) is 2.12. The average Bonchev–Trinajstić information content (AvgIpc) is 2.75. The zero-order valence-corrected chi connectivity index (χ0v) is 13.8. The molecule has 5 nitrogen and oxygen atoms in total. The van der Waals surface area contributed by atoms with Gasteiger partial charge >= 0.3 is 0 Å². The smallest absolute Gasteiger partial charge is 0.226 e. The molecule has 0 bridgehead atoms. The van der Waals surface area contributed by atoms with Crippen molar-refractivity contribution in [3.05, 3.63) is 40.7 Å². The van der Waals surface area contributed by atoms with Gasteiger partial charge in [0.2, 0.25) is 5.91 Å². The first-order chi connectivity index (χ1) is 10.5. The highest BCUT2D eigenvalue weighted by Gasteiger charge is 2.10. The van der Waals surface area contributed by atoms with E-state index >= 15 is 0 Å². The number of nitrogens with zero attached hydrogens (tertiary/aromatic N) is 2. The van der Waals surface area contributed by atoms with E-state index < -0.39 is 0 Å². The van der Waals surface area contributed by atoms with Gasteiger partial charge in [-0.25, -0.2) is 0 Å². The highest BCUT2D eigenvalue weighted by molar-refractivity contribution is 6.31. The lowest BCUT2D eigenvalue weighted by Crippen LogP contribution is -2.15. The van der Waals surface area contributed by atoms with E-state index in [2.05, 4.69) is 10.4 Å². The van der Waals surface area contributed by atoms with Gasteiger partial charge in [-0.3, -0.25) is 9.48 Å². The summed E-state index contributed by atoms with van der Waals surface area (Å²) in [6.45, 7) is 6.80. The maximum atomic E-state index is 12.0. The van der Waals surface area contributed by atoms with Crippen LogP contribution in [0.5, 0.6) is 5.75 Å². The van der Waals surface area contributed by atoms with Gasteiger partial charge < -0.3 is 10.1 Å². The lowest BCUT2D eigenvalue weighted by molar-refractivity contribution is -0.116. The summed E-state index contributed by atoms with van der Waals surface area (Å²) in [6, 6.07) is 7.31. The van der Waals surface area contributed by atoms with Crippen molar-refractivity contribution >= 4 is 23.2 Å². The van der Waals surface area contributed by atoms with Gasteiger partial charge in [0.1, 0.15) is 5.75 Å². The number of aromatic nitrogens is 2. The molecule has 22 heavy (non-hydrogen) atoms. The average molecular weight is 322 g/mol. The van der Waals surface area contributed by atoms with Gasteiger partial charge in [0.15, 0.2) is 0 Å². The number of ether oxygens (including phenoxy) is 1. The predicted octanol–water partition coefficient (Wildman–Crippen LogP) is 3.58. The molecule has 0 aliphatic carbocycles. The Morgan fingerprint density at radius 3 is 2.55 bits per heavy atom. The summed E-state index contributed by atoms with van der Waals surface area (Å²) in [5.74, 6) is 0.727. The van der Waals surface area contributed by atoms with Gasteiger partial charge in [0, 0.05) is 12.1 Å². The molecule has 6 heteroatoms. The topological polar surface area (TPSA) is 56.1 Å². The summed E-state index contributed by atoms with van der Waals surface area (Å²) < 4.78 is 7.12. The molecule has 2 rings (SSSR count). The number of hydrogen-bond acceptors (Lipinski definition) is 3. The first-order valence-corrected chi connectivity index (χ1v) is 7.61. The van der Waals surface area contributed by atoms with Crippen molar-refractivity contribution in [1.29, 1.82) is 0 Å². The molecule has 0 atom stereocenters. The van der Waals surface area contributed by atoms with Crippen LogP contribution in [0.4, 0.5) is 5.69 Å². The molecule has 118 valence electrons. The van der Waals surface area contributed by atoms with Crippen LogP contribution in [-0.4, -0.2) is 22.3 Å². The monoisotopic (exact) mass is 321 g/mol. The molecule has 0 radical (unpaired) electrons. The molecule has 0 saturated carbocycles. The van der Waals surface area contributed by atoms with Crippen LogP contribution in [0.2, 0.25) is 5.02 Å². The Morgan fingerprint density at radius 2 is 2.00 bits per heavy atom. The van der Waals surface area contributed by atoms with Gasteiger partial charge in [-0.1, -0.05) is 11.6 Å². The first-order valence-electron chi connectivity index (χ1n) is 7.23. The lowest BCUT2D eigenvalue weighted by atomic mass is 10.3. The molecule has 1 heterocycles. The molecule has 0 aliphatic rings. The number of aryl methyl sites for hydroxylation is 2. The number of benzene rings is 1. The van der Waals surface area contributed by atoms with Gasteiger partial charge in [0.05, 0.1) is 29.6 Å². The largest absolute Gasteiger partial charge is 0.494 e. The lowest BCUT2D eigenvalue weighted by Gasteiger charge is -2.08. The highest BCUT2D eigenvalue weighted by atomic mass is 35.5. The Kier molecular flexibility index (Phi) is 5.44. The number of anilines is 1. The van der Waals surface area contributed by atoms with E-state index in [1.807, 2.05) is 45.0 Å². The van der Waals surface area contributed by atoms with Gasteiger partial charge in [0.25, 0.3) is 0 Å². The first kappa shape index (κ1) is 16.4. The summed E-state index contributed by atoms with van der Waals surface area (Å²) in [5.41, 5.74) is 2.42. The minimum absolute atomic E-state index is 0.0622. The number of rotatable bonds is 6. The Bertz CT molecular complexity index is 650. The molecular formula is C16H20ClN3O2. The van der Waals surface area contributed by atoms with Crippen LogP contribution in [0.15, 0.2) is 24.3 Å².